The average molecular weight is 343 g/mol. The first kappa shape index (κ1) is 15.9. The molecule has 2 fully saturated rings. The van der Waals surface area contributed by atoms with Crippen molar-refractivity contribution in [1.82, 2.24) is 19.6 Å². The van der Waals surface area contributed by atoms with E-state index in [9.17, 15) is 9.59 Å². The maximum Gasteiger partial charge on any atom is 0.289 e. The molecule has 1 atom stereocenters. The molecule has 1 spiro atoms. The van der Waals surface area contributed by atoms with Crippen molar-refractivity contribution < 1.29 is 14.0 Å². The molecule has 0 saturated carbocycles. The van der Waals surface area contributed by atoms with Gasteiger partial charge in [-0.2, -0.15) is 5.10 Å². The van der Waals surface area contributed by atoms with Crippen molar-refractivity contribution in [3.63, 3.8) is 0 Å². The summed E-state index contributed by atoms with van der Waals surface area (Å²) in [6.45, 7) is 2.11. The molecule has 2 amide bonds. The SMILES string of the molecule is CN1CC(=O)N(c2cnn(C)c2)C[C@]12CCN(C(=O)c1ccco1)C2. The van der Waals surface area contributed by atoms with Crippen molar-refractivity contribution in [2.75, 3.05) is 38.1 Å². The van der Waals surface area contributed by atoms with Gasteiger partial charge in [-0.05, 0) is 25.6 Å². The van der Waals surface area contributed by atoms with Crippen LogP contribution in [0.1, 0.15) is 17.0 Å². The van der Waals surface area contributed by atoms with E-state index < -0.39 is 0 Å². The van der Waals surface area contributed by atoms with Crippen LogP contribution in [-0.2, 0) is 11.8 Å². The molecule has 2 aliphatic heterocycles. The Balaban J connectivity index is 1.56. The zero-order chi connectivity index (χ0) is 17.6. The van der Waals surface area contributed by atoms with Crippen LogP contribution in [0.3, 0.4) is 0 Å². The van der Waals surface area contributed by atoms with Crippen molar-refractivity contribution >= 4 is 17.5 Å². The summed E-state index contributed by atoms with van der Waals surface area (Å²) in [5.74, 6) is 0.313. The lowest BCUT2D eigenvalue weighted by Crippen LogP contribution is -2.64. The van der Waals surface area contributed by atoms with Gasteiger partial charge in [-0.15, -0.1) is 0 Å². The Labute approximate surface area is 145 Å². The van der Waals surface area contributed by atoms with Gasteiger partial charge in [0.2, 0.25) is 5.91 Å². The highest BCUT2D eigenvalue weighted by atomic mass is 16.3. The summed E-state index contributed by atoms with van der Waals surface area (Å²) in [6.07, 6.45) is 5.88. The lowest BCUT2D eigenvalue weighted by atomic mass is 9.93. The van der Waals surface area contributed by atoms with Crippen molar-refractivity contribution in [3.8, 4) is 0 Å². The Bertz CT molecular complexity index is 799. The van der Waals surface area contributed by atoms with E-state index in [1.165, 1.54) is 6.26 Å². The van der Waals surface area contributed by atoms with Crippen molar-refractivity contribution in [2.45, 2.75) is 12.0 Å². The van der Waals surface area contributed by atoms with E-state index in [-0.39, 0.29) is 17.4 Å². The number of likely N-dealkylation sites (N-methyl/N-ethyl adjacent to an activating group) is 1. The molecule has 0 radical (unpaired) electrons. The van der Waals surface area contributed by atoms with Gasteiger partial charge in [0.15, 0.2) is 5.76 Å². The molecule has 0 unspecified atom stereocenters. The highest BCUT2D eigenvalue weighted by Gasteiger charge is 2.49. The van der Waals surface area contributed by atoms with Crippen LogP contribution in [0.25, 0.3) is 0 Å². The lowest BCUT2D eigenvalue weighted by molar-refractivity contribution is -0.123. The van der Waals surface area contributed by atoms with E-state index in [4.69, 9.17) is 4.42 Å². The molecule has 132 valence electrons. The van der Waals surface area contributed by atoms with Gasteiger partial charge in [0, 0.05) is 32.9 Å². The summed E-state index contributed by atoms with van der Waals surface area (Å²) >= 11 is 0. The Morgan fingerprint density at radius 1 is 1.32 bits per heavy atom. The topological polar surface area (TPSA) is 74.8 Å². The normalized spacial score (nSPS) is 24.5. The molecule has 4 rings (SSSR count). The van der Waals surface area contributed by atoms with Crippen LogP contribution < -0.4 is 4.90 Å². The predicted molar refractivity (Wildman–Crippen MR) is 90.2 cm³/mol. The minimum absolute atomic E-state index is 0.0527. The monoisotopic (exact) mass is 343 g/mol. The first-order valence-corrected chi connectivity index (χ1v) is 8.32. The second kappa shape index (κ2) is 5.73. The first-order valence-electron chi connectivity index (χ1n) is 8.32. The molecule has 0 bridgehead atoms. The molecule has 2 aromatic rings. The molecule has 2 saturated heterocycles. The molecule has 25 heavy (non-hydrogen) atoms. The fourth-order valence-electron chi connectivity index (χ4n) is 3.77. The van der Waals surface area contributed by atoms with Gasteiger partial charge >= 0.3 is 0 Å². The minimum Gasteiger partial charge on any atom is -0.459 e. The first-order chi connectivity index (χ1) is 12.0. The Morgan fingerprint density at radius 3 is 2.84 bits per heavy atom. The summed E-state index contributed by atoms with van der Waals surface area (Å²) in [5, 5.41) is 4.17. The Kier molecular flexibility index (Phi) is 3.64. The van der Waals surface area contributed by atoms with E-state index in [1.54, 1.807) is 27.9 Å². The van der Waals surface area contributed by atoms with Crippen molar-refractivity contribution in [1.29, 1.82) is 0 Å². The molecule has 8 nitrogen and oxygen atoms in total. The Hall–Kier alpha value is -2.61. The molecule has 0 aliphatic carbocycles. The van der Waals surface area contributed by atoms with Crippen LogP contribution in [0.4, 0.5) is 5.69 Å². The van der Waals surface area contributed by atoms with Gasteiger partial charge < -0.3 is 14.2 Å². The van der Waals surface area contributed by atoms with Crippen LogP contribution in [0, 0.1) is 0 Å². The van der Waals surface area contributed by atoms with Crippen molar-refractivity contribution in [3.05, 3.63) is 36.5 Å². The number of carbonyl (C=O) groups is 2. The van der Waals surface area contributed by atoms with Gasteiger partial charge in [0.1, 0.15) is 0 Å². The van der Waals surface area contributed by atoms with Crippen LogP contribution in [0.15, 0.2) is 35.2 Å². The molecule has 2 aromatic heterocycles. The lowest BCUT2D eigenvalue weighted by Gasteiger charge is -2.46. The molecule has 4 heterocycles. The fourth-order valence-corrected chi connectivity index (χ4v) is 3.77. The number of amides is 2. The number of rotatable bonds is 2. The fraction of sp³-hybridized carbons (Fsp3) is 0.471. The second-order valence-corrected chi connectivity index (χ2v) is 6.89. The number of nitrogens with zero attached hydrogens (tertiary/aromatic N) is 5. The number of piperazine rings is 1. The summed E-state index contributed by atoms with van der Waals surface area (Å²) in [7, 11) is 3.79. The number of hydrogen-bond acceptors (Lipinski definition) is 5. The summed E-state index contributed by atoms with van der Waals surface area (Å²) in [6, 6.07) is 3.40. The number of hydrogen-bond donors (Lipinski definition) is 0. The summed E-state index contributed by atoms with van der Waals surface area (Å²) in [4.78, 5) is 30.8. The van der Waals surface area contributed by atoms with Gasteiger partial charge in [-0.25, -0.2) is 0 Å². The van der Waals surface area contributed by atoms with E-state index in [0.717, 1.165) is 12.1 Å². The number of likely N-dealkylation sites (tertiary alicyclic amines) is 1. The van der Waals surface area contributed by atoms with E-state index in [0.29, 0.717) is 31.9 Å². The third-order valence-electron chi connectivity index (χ3n) is 5.29. The van der Waals surface area contributed by atoms with Gasteiger partial charge in [0.25, 0.3) is 5.91 Å². The second-order valence-electron chi connectivity index (χ2n) is 6.89. The smallest absolute Gasteiger partial charge is 0.289 e. The van der Waals surface area contributed by atoms with Gasteiger partial charge in [-0.3, -0.25) is 19.2 Å². The predicted octanol–water partition coefficient (Wildman–Crippen LogP) is 0.576. The molecule has 0 aromatic carbocycles. The average Bonchev–Trinajstić information content (AvgIpc) is 3.32. The van der Waals surface area contributed by atoms with E-state index in [2.05, 4.69) is 10.00 Å². The van der Waals surface area contributed by atoms with Crippen LogP contribution >= 0.6 is 0 Å². The highest BCUT2D eigenvalue weighted by Crippen LogP contribution is 2.33. The van der Waals surface area contributed by atoms with Crippen LogP contribution in [0.2, 0.25) is 0 Å². The molecule has 8 heteroatoms. The molecule has 0 N–H and O–H groups in total. The van der Waals surface area contributed by atoms with Crippen LogP contribution in [0.5, 0.6) is 0 Å². The molecule has 2 aliphatic rings. The summed E-state index contributed by atoms with van der Waals surface area (Å²) in [5.41, 5.74) is 0.558. The van der Waals surface area contributed by atoms with E-state index in [1.807, 2.05) is 25.2 Å². The van der Waals surface area contributed by atoms with Gasteiger partial charge in [0.05, 0.1) is 30.2 Å². The molecular weight excluding hydrogens is 322 g/mol. The van der Waals surface area contributed by atoms with Crippen LogP contribution in [-0.4, -0.2) is 70.2 Å². The van der Waals surface area contributed by atoms with Gasteiger partial charge in [-0.1, -0.05) is 0 Å². The van der Waals surface area contributed by atoms with Crippen molar-refractivity contribution in [2.24, 2.45) is 7.05 Å². The Morgan fingerprint density at radius 2 is 2.16 bits per heavy atom. The largest absolute Gasteiger partial charge is 0.459 e. The standard InChI is InChI=1S/C17H21N5O3/c1-19-10-15(23)22(13-8-18-20(2)9-13)12-17(19)5-6-21(11-17)16(24)14-4-3-7-25-14/h3-4,7-9H,5-6,10-12H2,1-2H3/t17-/m1/s1. The maximum absolute atomic E-state index is 12.6. The quantitative estimate of drug-likeness (QED) is 0.797. The number of carbonyl (C=O) groups excluding carboxylic acids is 2. The number of aryl methyl sites for hydroxylation is 1. The zero-order valence-electron chi connectivity index (χ0n) is 14.4. The number of anilines is 1. The third-order valence-corrected chi connectivity index (χ3v) is 5.29. The third kappa shape index (κ3) is 2.62. The highest BCUT2D eigenvalue weighted by molar-refractivity contribution is 5.96. The minimum atomic E-state index is -0.244. The zero-order valence-corrected chi connectivity index (χ0v) is 14.4. The molecular formula is C17H21N5O3. The number of furan rings is 1. The maximum atomic E-state index is 12.6. The number of aromatic nitrogens is 2. The summed E-state index contributed by atoms with van der Waals surface area (Å²) < 4.78 is 6.93. The van der Waals surface area contributed by atoms with E-state index >= 15 is 0 Å².